The highest BCUT2D eigenvalue weighted by Gasteiger charge is 2.81. The molecule has 0 spiro atoms. The third kappa shape index (κ3) is 10.7. The molecule has 3 saturated carbocycles. The number of hydrogen-bond donors (Lipinski definition) is 4. The summed E-state index contributed by atoms with van der Waals surface area (Å²) in [6.07, 6.45) is -1.19. The molecule has 4 N–H and O–H groups in total. The van der Waals surface area contributed by atoms with Crippen molar-refractivity contribution >= 4 is 17.8 Å². The summed E-state index contributed by atoms with van der Waals surface area (Å²) in [5.41, 5.74) is -6.24. The molecule has 7 fully saturated rings. The first-order chi connectivity index (χ1) is 36.6. The van der Waals surface area contributed by atoms with Crippen LogP contribution in [0, 0.1) is 16.7 Å². The van der Waals surface area contributed by atoms with Gasteiger partial charge in [-0.3, -0.25) is 4.79 Å². The highest BCUT2D eigenvalue weighted by atomic mass is 16.8. The number of benzene rings is 1. The predicted molar refractivity (Wildman–Crippen MR) is 275 cm³/mol. The number of carbonyl (C=O) groups is 2. The molecule has 16 unspecified atom stereocenters. The lowest BCUT2D eigenvalue weighted by Gasteiger charge is -2.67. The number of aliphatic hydroxyl groups excluding tert-OH is 1. The minimum absolute atomic E-state index is 0.0493. The number of Topliss-reactive ketones (excluding diaryl/α,β-unsaturated/α-hetero) is 1. The second-order valence-corrected chi connectivity index (χ2v) is 23.6. The van der Waals surface area contributed by atoms with Crippen molar-refractivity contribution in [1.29, 1.82) is 0 Å². The zero-order valence-electron chi connectivity index (χ0n) is 46.8. The molecule has 4 saturated heterocycles. The number of aliphatic hydroxyl groups is 4. The van der Waals surface area contributed by atoms with Gasteiger partial charge >= 0.3 is 5.97 Å². The van der Waals surface area contributed by atoms with Crippen molar-refractivity contribution in [1.82, 2.24) is 0 Å². The molecule has 0 aromatic heterocycles. The van der Waals surface area contributed by atoms with Crippen LogP contribution >= 0.6 is 0 Å². The fourth-order valence-corrected chi connectivity index (χ4v) is 15.0. The quantitative estimate of drug-likeness (QED) is 0.0942. The minimum Gasteiger partial charge on any atom is -0.458 e. The topological polar surface area (TPSA) is 235 Å². The van der Waals surface area contributed by atoms with E-state index in [2.05, 4.69) is 6.92 Å². The van der Waals surface area contributed by atoms with Crippen molar-refractivity contribution in [3.8, 4) is 0 Å². The first-order valence-corrected chi connectivity index (χ1v) is 27.9. The Labute approximate surface area is 453 Å². The third-order valence-corrected chi connectivity index (χ3v) is 19.6. The Morgan fingerprint density at radius 2 is 1.14 bits per heavy atom. The number of fused-ring (bicyclic) bond motifs is 5. The van der Waals surface area contributed by atoms with E-state index < -0.39 is 144 Å². The second-order valence-electron chi connectivity index (χ2n) is 23.6. The van der Waals surface area contributed by atoms with Gasteiger partial charge in [0.05, 0.1) is 60.4 Å². The lowest BCUT2D eigenvalue weighted by molar-refractivity contribution is -0.347. The molecule has 77 heavy (non-hydrogen) atoms. The van der Waals surface area contributed by atoms with Crippen molar-refractivity contribution in [2.75, 3.05) is 28.4 Å². The maximum atomic E-state index is 13.6. The van der Waals surface area contributed by atoms with Gasteiger partial charge in [0.25, 0.3) is 0 Å². The van der Waals surface area contributed by atoms with Crippen LogP contribution in [0.2, 0.25) is 0 Å². The molecule has 4 aliphatic heterocycles. The molecule has 432 valence electrons. The maximum absolute atomic E-state index is 13.6. The van der Waals surface area contributed by atoms with Crippen molar-refractivity contribution in [3.05, 3.63) is 53.6 Å². The Morgan fingerprint density at radius 1 is 0.649 bits per heavy atom. The highest BCUT2D eigenvalue weighted by Crippen LogP contribution is 2.71. The summed E-state index contributed by atoms with van der Waals surface area (Å²) in [6.45, 7) is 12.5. The maximum Gasteiger partial charge on any atom is 0.331 e. The Bertz CT molecular complexity index is 2270. The lowest BCUT2D eigenvalue weighted by atomic mass is 9.42. The van der Waals surface area contributed by atoms with Crippen LogP contribution in [0.5, 0.6) is 0 Å². The summed E-state index contributed by atoms with van der Waals surface area (Å²) in [5.74, 6) is -1.80. The van der Waals surface area contributed by atoms with Gasteiger partial charge in [-0.1, -0.05) is 48.9 Å². The molecule has 24 atom stereocenters. The molecule has 19 nitrogen and oxygen atoms in total. The summed E-state index contributed by atoms with van der Waals surface area (Å²) in [7, 11) is 6.48. The van der Waals surface area contributed by atoms with Gasteiger partial charge in [-0.2, -0.15) is 0 Å². The molecule has 9 rings (SSSR count). The fourth-order valence-electron chi connectivity index (χ4n) is 15.0. The van der Waals surface area contributed by atoms with E-state index in [9.17, 15) is 30.0 Å². The smallest absolute Gasteiger partial charge is 0.331 e. The van der Waals surface area contributed by atoms with Crippen LogP contribution in [0.3, 0.4) is 0 Å². The molecular weight excluding hydrogens is 1000 g/mol. The summed E-state index contributed by atoms with van der Waals surface area (Å²) in [4.78, 5) is 27.0. The number of methoxy groups -OCH3 is 4. The van der Waals surface area contributed by atoms with Crippen molar-refractivity contribution in [2.45, 2.75) is 247 Å². The fraction of sp³-hybridized carbons (Fsp3) is 0.793. The van der Waals surface area contributed by atoms with Gasteiger partial charge in [-0.25, -0.2) is 4.79 Å². The molecular formula is C58H86O19. The Morgan fingerprint density at radius 3 is 1.65 bits per heavy atom. The first-order valence-electron chi connectivity index (χ1n) is 27.9. The van der Waals surface area contributed by atoms with E-state index in [0.29, 0.717) is 44.9 Å². The van der Waals surface area contributed by atoms with Crippen LogP contribution in [0.25, 0.3) is 6.08 Å². The van der Waals surface area contributed by atoms with Gasteiger partial charge in [0.2, 0.25) is 0 Å². The Hall–Kier alpha value is -2.80. The van der Waals surface area contributed by atoms with Crippen LogP contribution in [0.15, 0.2) is 48.1 Å². The van der Waals surface area contributed by atoms with Gasteiger partial charge in [-0.05, 0) is 104 Å². The van der Waals surface area contributed by atoms with E-state index in [1.165, 1.54) is 13.0 Å². The number of esters is 1. The van der Waals surface area contributed by atoms with E-state index in [1.807, 2.05) is 57.2 Å². The van der Waals surface area contributed by atoms with E-state index in [1.54, 1.807) is 48.4 Å². The number of ketones is 1. The molecule has 0 amide bonds. The number of carbonyl (C=O) groups excluding carboxylic acids is 2. The van der Waals surface area contributed by atoms with Crippen LogP contribution in [-0.2, 0) is 71.2 Å². The standard InChI is InChI=1S/C58H86O19/c1-31-50(61)39(65-8)26-47(69-31)75-52-33(3)71-49(28-41(52)67-10)77-53-34(4)72-48(29-42(53)68-11)76-51-32(2)70-46(27-40(51)66-9)73-38-20-21-54(6)37(25-38)19-22-57(63)43(54)30-44(74-45(60)18-17-36-15-13-12-14-16-36)55(7)56(62,35(5)59)23-24-58(55,57)64/h12-19,31-34,38-44,46-53,61-64H,20-30H2,1-11H3/t31?,32?,33?,34?,38-,39?,40?,41?,42?,43+,44+,46?,47?,48?,49?,50?,51?,52?,53?,54-,55+,56+,57-,58+/m0/s1. The molecule has 4 aliphatic carbocycles. The van der Waals surface area contributed by atoms with Crippen molar-refractivity contribution in [3.63, 3.8) is 0 Å². The minimum atomic E-state index is -2.05. The van der Waals surface area contributed by atoms with Crippen molar-refractivity contribution in [2.24, 2.45) is 16.7 Å². The van der Waals surface area contributed by atoms with E-state index >= 15 is 0 Å². The summed E-state index contributed by atoms with van der Waals surface area (Å²) >= 11 is 0. The molecule has 1 aromatic rings. The lowest BCUT2D eigenvalue weighted by Crippen LogP contribution is -2.78. The van der Waals surface area contributed by atoms with Gasteiger partial charge in [0.1, 0.15) is 47.3 Å². The van der Waals surface area contributed by atoms with E-state index in [-0.39, 0.29) is 37.9 Å². The van der Waals surface area contributed by atoms with E-state index in [4.69, 9.17) is 61.6 Å². The third-order valence-electron chi connectivity index (χ3n) is 19.6. The van der Waals surface area contributed by atoms with Gasteiger partial charge in [-0.15, -0.1) is 0 Å². The molecule has 8 aliphatic rings. The first kappa shape index (κ1) is 58.8. The average molecular weight is 1090 g/mol. The molecule has 0 bridgehead atoms. The average Bonchev–Trinajstić information content (AvgIpc) is 3.95. The van der Waals surface area contributed by atoms with Crippen LogP contribution in [0.4, 0.5) is 0 Å². The molecule has 19 heteroatoms. The largest absolute Gasteiger partial charge is 0.458 e. The Balaban J connectivity index is 0.809. The van der Waals surface area contributed by atoms with E-state index in [0.717, 1.165) is 11.1 Å². The van der Waals surface area contributed by atoms with Crippen LogP contribution < -0.4 is 0 Å². The number of hydrogen-bond acceptors (Lipinski definition) is 19. The number of ether oxygens (including phenoxy) is 13. The van der Waals surface area contributed by atoms with Gasteiger partial charge in [0, 0.05) is 66.1 Å². The van der Waals surface area contributed by atoms with Gasteiger partial charge in [0.15, 0.2) is 30.9 Å². The summed E-state index contributed by atoms with van der Waals surface area (Å²) in [5, 5.41) is 48.6. The van der Waals surface area contributed by atoms with Crippen LogP contribution in [0.1, 0.15) is 125 Å². The normalized spacial score (nSPS) is 48.1. The Kier molecular flexibility index (Phi) is 17.7. The molecule has 0 radical (unpaired) electrons. The van der Waals surface area contributed by atoms with Crippen molar-refractivity contribution < 1.29 is 91.6 Å². The SMILES string of the molecule is COC1CC(OC2C(C)OC(OC3C(C)OC(OC4C(C)OC(O[C@H]5CC[C@@]6(C)C(=CC[C@]7(O)[C@@H]6C[C@@H](OC(=O)C=Cc6ccccc6)[C@@]6(C)[C@]7(O)CC[C@@]6(O)C(C)=O)C5)CC4OC)CC3OC)CC2OC)OC(C)C1O. The number of rotatable bonds is 16. The van der Waals surface area contributed by atoms with Crippen LogP contribution in [-0.4, -0.2) is 188 Å². The highest BCUT2D eigenvalue weighted by molar-refractivity contribution is 5.88. The zero-order valence-corrected chi connectivity index (χ0v) is 46.8. The molecule has 1 aromatic carbocycles. The zero-order chi connectivity index (χ0) is 55.4. The van der Waals surface area contributed by atoms with Gasteiger partial charge < -0.3 is 82.0 Å². The second kappa shape index (κ2) is 23.2. The predicted octanol–water partition coefficient (Wildman–Crippen LogP) is 5.24. The molecule has 4 heterocycles. The summed E-state index contributed by atoms with van der Waals surface area (Å²) < 4.78 is 81.6. The summed E-state index contributed by atoms with van der Waals surface area (Å²) in [6, 6.07) is 9.30. The monoisotopic (exact) mass is 1090 g/mol.